The van der Waals surface area contributed by atoms with Crippen molar-refractivity contribution < 1.29 is 0 Å². The van der Waals surface area contributed by atoms with E-state index in [2.05, 4.69) is 37.3 Å². The van der Waals surface area contributed by atoms with Gasteiger partial charge < -0.3 is 0 Å². The molecule has 0 aromatic heterocycles. The maximum Gasteiger partial charge on any atom is 0.0598 e. The Morgan fingerprint density at radius 1 is 1.00 bits per heavy atom. The maximum atomic E-state index is 6.12. The van der Waals surface area contributed by atoms with E-state index >= 15 is 0 Å². The van der Waals surface area contributed by atoms with Crippen LogP contribution in [0.2, 0.25) is 10.0 Å². The molecule has 0 unspecified atom stereocenters. The molecule has 2 aromatic rings. The third kappa shape index (κ3) is 1.96. The normalized spacial score (nSPS) is 13.4. The number of fused-ring (bicyclic) bond motifs is 1. The van der Waals surface area contributed by atoms with Crippen LogP contribution in [-0.4, -0.2) is 0 Å². The van der Waals surface area contributed by atoms with Crippen molar-refractivity contribution in [1.29, 1.82) is 0 Å². The molecule has 0 bridgehead atoms. The molecule has 0 saturated carbocycles. The number of hydrogen-bond donors (Lipinski definition) is 0. The van der Waals surface area contributed by atoms with E-state index in [4.69, 9.17) is 23.2 Å². The summed E-state index contributed by atoms with van der Waals surface area (Å²) < 4.78 is 0. The van der Waals surface area contributed by atoms with E-state index in [1.165, 1.54) is 27.8 Å². The molecule has 0 heterocycles. The summed E-state index contributed by atoms with van der Waals surface area (Å²) in [7, 11) is 0. The summed E-state index contributed by atoms with van der Waals surface area (Å²) in [5, 5.41) is 1.25. The highest BCUT2D eigenvalue weighted by Crippen LogP contribution is 2.37. The molecule has 3 rings (SSSR count). The lowest BCUT2D eigenvalue weighted by molar-refractivity contribution is 1.31. The molecule has 0 saturated heterocycles. The van der Waals surface area contributed by atoms with Crippen LogP contribution in [0.3, 0.4) is 0 Å². The van der Waals surface area contributed by atoms with Gasteiger partial charge in [-0.1, -0.05) is 59.1 Å². The van der Waals surface area contributed by atoms with Crippen molar-refractivity contribution in [2.45, 2.75) is 13.3 Å². The molecule has 1 aliphatic rings. The van der Waals surface area contributed by atoms with Gasteiger partial charge in [0.05, 0.1) is 10.0 Å². The van der Waals surface area contributed by atoms with Crippen molar-refractivity contribution in [3.8, 4) is 0 Å². The van der Waals surface area contributed by atoms with Gasteiger partial charge in [0.1, 0.15) is 0 Å². The second-order valence-electron chi connectivity index (χ2n) is 4.61. The number of aryl methyl sites for hydroxylation is 1. The highest BCUT2D eigenvalue weighted by Gasteiger charge is 2.17. The van der Waals surface area contributed by atoms with Crippen LogP contribution in [0.25, 0.3) is 5.57 Å². The predicted octanol–water partition coefficient (Wildman–Crippen LogP) is 5.29. The van der Waals surface area contributed by atoms with Gasteiger partial charge in [-0.25, -0.2) is 0 Å². The van der Waals surface area contributed by atoms with E-state index in [0.717, 1.165) is 6.42 Å². The molecule has 0 amide bonds. The molecule has 0 N–H and O–H groups in total. The minimum absolute atomic E-state index is 0.621. The van der Waals surface area contributed by atoms with Crippen LogP contribution in [0.4, 0.5) is 0 Å². The lowest BCUT2D eigenvalue weighted by atomic mass is 9.98. The summed E-state index contributed by atoms with van der Waals surface area (Å²) in [6.45, 7) is 2.11. The third-order valence-corrected chi connectivity index (χ3v) is 4.01. The van der Waals surface area contributed by atoms with Crippen molar-refractivity contribution in [3.63, 3.8) is 0 Å². The minimum atomic E-state index is 0.621. The topological polar surface area (TPSA) is 0 Å². The Hall–Kier alpha value is -1.24. The lowest BCUT2D eigenvalue weighted by Crippen LogP contribution is -1.88. The zero-order chi connectivity index (χ0) is 12.7. The highest BCUT2D eigenvalue weighted by atomic mass is 35.5. The van der Waals surface area contributed by atoms with Crippen molar-refractivity contribution in [1.82, 2.24) is 0 Å². The summed E-state index contributed by atoms with van der Waals surface area (Å²) in [6.07, 6.45) is 3.17. The van der Waals surface area contributed by atoms with E-state index in [0.29, 0.717) is 10.0 Å². The molecule has 0 atom stereocenters. The monoisotopic (exact) mass is 274 g/mol. The zero-order valence-corrected chi connectivity index (χ0v) is 11.5. The fraction of sp³-hybridized carbons (Fsp3) is 0.125. The van der Waals surface area contributed by atoms with Gasteiger partial charge in [0.25, 0.3) is 0 Å². The summed E-state index contributed by atoms with van der Waals surface area (Å²) >= 11 is 12.2. The SMILES string of the molecule is Cc1cccc(C2=CCc3cc(Cl)c(Cl)cc32)c1. The lowest BCUT2D eigenvalue weighted by Gasteiger charge is -2.08. The largest absolute Gasteiger partial charge is 0.0827 e. The molecule has 0 radical (unpaired) electrons. The van der Waals surface area contributed by atoms with Crippen LogP contribution in [0.1, 0.15) is 22.3 Å². The van der Waals surface area contributed by atoms with Gasteiger partial charge in [0.2, 0.25) is 0 Å². The number of halogens is 2. The van der Waals surface area contributed by atoms with Gasteiger partial charge in [-0.3, -0.25) is 0 Å². The van der Waals surface area contributed by atoms with Crippen molar-refractivity contribution >= 4 is 28.8 Å². The summed E-state index contributed by atoms with van der Waals surface area (Å²) in [6, 6.07) is 12.5. The first-order chi connectivity index (χ1) is 8.65. The van der Waals surface area contributed by atoms with Crippen LogP contribution < -0.4 is 0 Å². The Morgan fingerprint density at radius 3 is 2.56 bits per heavy atom. The van der Waals surface area contributed by atoms with Gasteiger partial charge in [-0.05, 0) is 47.7 Å². The molecule has 18 heavy (non-hydrogen) atoms. The first kappa shape index (κ1) is 11.8. The number of hydrogen-bond acceptors (Lipinski definition) is 0. The highest BCUT2D eigenvalue weighted by molar-refractivity contribution is 6.42. The first-order valence-electron chi connectivity index (χ1n) is 5.90. The second-order valence-corrected chi connectivity index (χ2v) is 5.43. The molecular formula is C16H12Cl2. The average Bonchev–Trinajstić information content (AvgIpc) is 2.73. The molecule has 0 nitrogen and oxygen atoms in total. The molecule has 2 aromatic carbocycles. The zero-order valence-electron chi connectivity index (χ0n) is 10.0. The Balaban J connectivity index is 2.12. The molecule has 0 aliphatic heterocycles. The first-order valence-corrected chi connectivity index (χ1v) is 6.66. The molecule has 1 aliphatic carbocycles. The Kier molecular flexibility index (Phi) is 2.93. The van der Waals surface area contributed by atoms with E-state index in [1.54, 1.807) is 0 Å². The minimum Gasteiger partial charge on any atom is -0.0827 e. The summed E-state index contributed by atoms with van der Waals surface area (Å²) in [5.74, 6) is 0. The van der Waals surface area contributed by atoms with Gasteiger partial charge in [-0.15, -0.1) is 0 Å². The van der Waals surface area contributed by atoms with Gasteiger partial charge in [-0.2, -0.15) is 0 Å². The second kappa shape index (κ2) is 4.46. The number of benzene rings is 2. The van der Waals surface area contributed by atoms with Crippen molar-refractivity contribution in [2.24, 2.45) is 0 Å². The molecule has 0 fully saturated rings. The van der Waals surface area contributed by atoms with E-state index in [1.807, 2.05) is 12.1 Å². The maximum absolute atomic E-state index is 6.12. The van der Waals surface area contributed by atoms with Crippen LogP contribution in [0.15, 0.2) is 42.5 Å². The summed E-state index contributed by atoms with van der Waals surface area (Å²) in [5.41, 5.74) is 6.22. The Morgan fingerprint density at radius 2 is 1.78 bits per heavy atom. The van der Waals surface area contributed by atoms with Crippen molar-refractivity contribution in [2.75, 3.05) is 0 Å². The van der Waals surface area contributed by atoms with Gasteiger partial charge in [0, 0.05) is 0 Å². The number of rotatable bonds is 1. The predicted molar refractivity (Wildman–Crippen MR) is 78.4 cm³/mol. The quantitative estimate of drug-likeness (QED) is 0.663. The van der Waals surface area contributed by atoms with Crippen LogP contribution in [0, 0.1) is 6.92 Å². The molecule has 90 valence electrons. The third-order valence-electron chi connectivity index (χ3n) is 3.29. The van der Waals surface area contributed by atoms with Gasteiger partial charge in [0.15, 0.2) is 0 Å². The van der Waals surface area contributed by atoms with E-state index < -0.39 is 0 Å². The fourth-order valence-corrected chi connectivity index (χ4v) is 2.77. The van der Waals surface area contributed by atoms with E-state index in [-0.39, 0.29) is 0 Å². The molecule has 2 heteroatoms. The van der Waals surface area contributed by atoms with Crippen molar-refractivity contribution in [3.05, 3.63) is 74.8 Å². The molecule has 0 spiro atoms. The van der Waals surface area contributed by atoms with Gasteiger partial charge >= 0.3 is 0 Å². The molecular weight excluding hydrogens is 263 g/mol. The number of allylic oxidation sites excluding steroid dienone is 1. The summed E-state index contributed by atoms with van der Waals surface area (Å²) in [4.78, 5) is 0. The Bertz CT molecular complexity index is 654. The van der Waals surface area contributed by atoms with E-state index in [9.17, 15) is 0 Å². The van der Waals surface area contributed by atoms with Crippen LogP contribution >= 0.6 is 23.2 Å². The van der Waals surface area contributed by atoms with Crippen LogP contribution in [-0.2, 0) is 6.42 Å². The standard InChI is InChI=1S/C16H12Cl2/c1-10-3-2-4-11(7-10)13-6-5-12-8-15(17)16(18)9-14(12)13/h2-4,6-9H,5H2,1H3. The smallest absolute Gasteiger partial charge is 0.0598 e. The van der Waals surface area contributed by atoms with Crippen LogP contribution in [0.5, 0.6) is 0 Å². The average molecular weight is 275 g/mol. The fourth-order valence-electron chi connectivity index (χ4n) is 2.42. The Labute approximate surface area is 117 Å².